The number of nitrogens with one attached hydrogen (secondary N) is 2. The Morgan fingerprint density at radius 1 is 1.00 bits per heavy atom. The second-order valence-electron chi connectivity index (χ2n) is 5.46. The molecule has 1 heterocycles. The highest BCUT2D eigenvalue weighted by atomic mass is 19.2. The van der Waals surface area contributed by atoms with Gasteiger partial charge in [-0.3, -0.25) is 4.79 Å². The molecule has 2 N–H and O–H groups in total. The first-order valence-corrected chi connectivity index (χ1v) is 7.54. The number of benzene rings is 2. The predicted molar refractivity (Wildman–Crippen MR) is 90.8 cm³/mol. The van der Waals surface area contributed by atoms with Crippen molar-refractivity contribution in [3.8, 4) is 0 Å². The van der Waals surface area contributed by atoms with Crippen molar-refractivity contribution >= 4 is 23.1 Å². The average molecular weight is 358 g/mol. The van der Waals surface area contributed by atoms with E-state index in [1.165, 1.54) is 12.4 Å². The topological polar surface area (TPSA) is 66.9 Å². The minimum atomic E-state index is -1.59. The van der Waals surface area contributed by atoms with Crippen molar-refractivity contribution in [3.63, 3.8) is 0 Å². The summed E-state index contributed by atoms with van der Waals surface area (Å²) in [4.78, 5) is 20.0. The summed E-state index contributed by atoms with van der Waals surface area (Å²) < 4.78 is 39.8. The zero-order chi connectivity index (χ0) is 18.7. The first-order valence-electron chi connectivity index (χ1n) is 7.54. The van der Waals surface area contributed by atoms with E-state index < -0.39 is 23.4 Å². The third kappa shape index (κ3) is 3.80. The number of halogens is 3. The molecule has 0 spiro atoms. The summed E-state index contributed by atoms with van der Waals surface area (Å²) in [6.07, 6.45) is 2.37. The lowest BCUT2D eigenvalue weighted by molar-refractivity contribution is 0.102. The zero-order valence-corrected chi connectivity index (χ0v) is 13.6. The molecule has 0 atom stereocenters. The van der Waals surface area contributed by atoms with E-state index in [9.17, 15) is 18.0 Å². The van der Waals surface area contributed by atoms with Crippen LogP contribution in [-0.2, 0) is 0 Å². The third-order valence-electron chi connectivity index (χ3n) is 3.46. The van der Waals surface area contributed by atoms with Crippen molar-refractivity contribution in [1.29, 1.82) is 0 Å². The maximum atomic E-state index is 13.6. The Labute approximate surface area is 146 Å². The normalized spacial score (nSPS) is 10.5. The van der Waals surface area contributed by atoms with Crippen molar-refractivity contribution in [1.82, 2.24) is 9.97 Å². The van der Waals surface area contributed by atoms with E-state index in [1.54, 1.807) is 18.2 Å². The molecule has 8 heteroatoms. The Bertz CT molecular complexity index is 961. The fourth-order valence-electron chi connectivity index (χ4n) is 2.19. The molecule has 2 aromatic carbocycles. The van der Waals surface area contributed by atoms with Gasteiger partial charge in [-0.2, -0.15) is 0 Å². The Hall–Kier alpha value is -3.42. The number of aryl methyl sites for hydroxylation is 1. The number of hydrogen-bond donors (Lipinski definition) is 2. The van der Waals surface area contributed by atoms with Crippen molar-refractivity contribution in [3.05, 3.63) is 77.5 Å². The van der Waals surface area contributed by atoms with Gasteiger partial charge in [0.1, 0.15) is 11.5 Å². The van der Waals surface area contributed by atoms with Gasteiger partial charge in [-0.05, 0) is 36.8 Å². The van der Waals surface area contributed by atoms with Gasteiger partial charge in [0.05, 0.1) is 18.1 Å². The molecule has 0 fully saturated rings. The highest BCUT2D eigenvalue weighted by Crippen LogP contribution is 2.22. The monoisotopic (exact) mass is 358 g/mol. The molecule has 0 aliphatic carbocycles. The van der Waals surface area contributed by atoms with Gasteiger partial charge in [0, 0.05) is 5.69 Å². The largest absolute Gasteiger partial charge is 0.336 e. The fraction of sp³-hybridized carbons (Fsp3) is 0.0556. The molecule has 0 saturated carbocycles. The standard InChI is InChI=1S/C18H13F3N4O/c1-10-3-2-4-11(7-10)24-18(26)14-8-23-15(9-22-14)25-13-6-5-12(19)16(20)17(13)21/h2-9H,1H3,(H,23,25)(H,24,26). The van der Waals surface area contributed by atoms with Crippen molar-refractivity contribution in [2.24, 2.45) is 0 Å². The van der Waals surface area contributed by atoms with Gasteiger partial charge in [-0.25, -0.2) is 23.1 Å². The van der Waals surface area contributed by atoms with Crippen LogP contribution in [0.4, 0.5) is 30.4 Å². The van der Waals surface area contributed by atoms with Gasteiger partial charge in [0.15, 0.2) is 17.5 Å². The Morgan fingerprint density at radius 3 is 2.50 bits per heavy atom. The molecule has 0 aliphatic rings. The van der Waals surface area contributed by atoms with Gasteiger partial charge < -0.3 is 10.6 Å². The molecular formula is C18H13F3N4O. The first kappa shape index (κ1) is 17.4. The maximum absolute atomic E-state index is 13.6. The van der Waals surface area contributed by atoms with Crippen LogP contribution in [-0.4, -0.2) is 15.9 Å². The van der Waals surface area contributed by atoms with E-state index in [0.717, 1.165) is 17.7 Å². The summed E-state index contributed by atoms with van der Waals surface area (Å²) in [6.45, 7) is 1.90. The smallest absolute Gasteiger partial charge is 0.275 e. The number of rotatable bonds is 4. The Balaban J connectivity index is 1.72. The molecule has 132 valence electrons. The van der Waals surface area contributed by atoms with E-state index >= 15 is 0 Å². The van der Waals surface area contributed by atoms with Gasteiger partial charge >= 0.3 is 0 Å². The van der Waals surface area contributed by atoms with Crippen molar-refractivity contribution < 1.29 is 18.0 Å². The minimum absolute atomic E-state index is 0.0443. The third-order valence-corrected chi connectivity index (χ3v) is 3.46. The molecule has 0 saturated heterocycles. The Kier molecular flexibility index (Phi) is 4.83. The summed E-state index contributed by atoms with van der Waals surface area (Å²) >= 11 is 0. The highest BCUT2D eigenvalue weighted by Gasteiger charge is 2.14. The van der Waals surface area contributed by atoms with Gasteiger partial charge in [-0.15, -0.1) is 0 Å². The number of carbonyl (C=O) groups excluding carboxylic acids is 1. The Morgan fingerprint density at radius 2 is 1.81 bits per heavy atom. The van der Waals surface area contributed by atoms with Gasteiger partial charge in [0.25, 0.3) is 5.91 Å². The quantitative estimate of drug-likeness (QED) is 0.686. The SMILES string of the molecule is Cc1cccc(NC(=O)c2cnc(Nc3ccc(F)c(F)c3F)cn2)c1. The lowest BCUT2D eigenvalue weighted by atomic mass is 10.2. The molecule has 0 bridgehead atoms. The van der Waals surface area contributed by atoms with Crippen LogP contribution >= 0.6 is 0 Å². The zero-order valence-electron chi connectivity index (χ0n) is 13.6. The van der Waals surface area contributed by atoms with E-state index in [0.29, 0.717) is 5.69 Å². The van der Waals surface area contributed by atoms with Crippen LogP contribution in [0.1, 0.15) is 16.1 Å². The lowest BCUT2D eigenvalue weighted by Crippen LogP contribution is -2.14. The van der Waals surface area contributed by atoms with Crippen LogP contribution in [0, 0.1) is 24.4 Å². The van der Waals surface area contributed by atoms with Crippen LogP contribution in [0.5, 0.6) is 0 Å². The molecule has 3 rings (SSSR count). The molecule has 1 aromatic heterocycles. The van der Waals surface area contributed by atoms with Crippen LogP contribution in [0.3, 0.4) is 0 Å². The van der Waals surface area contributed by atoms with E-state index in [1.807, 2.05) is 13.0 Å². The molecule has 5 nitrogen and oxygen atoms in total. The summed E-state index contributed by atoms with van der Waals surface area (Å²) in [5.74, 6) is -4.64. The highest BCUT2D eigenvalue weighted by molar-refractivity contribution is 6.02. The second kappa shape index (κ2) is 7.22. The first-order chi connectivity index (χ1) is 12.4. The van der Waals surface area contributed by atoms with Crippen LogP contribution in [0.25, 0.3) is 0 Å². The van der Waals surface area contributed by atoms with Crippen LogP contribution in [0.15, 0.2) is 48.8 Å². The molecule has 26 heavy (non-hydrogen) atoms. The number of aromatic nitrogens is 2. The number of hydrogen-bond acceptors (Lipinski definition) is 4. The minimum Gasteiger partial charge on any atom is -0.336 e. The molecule has 1 amide bonds. The van der Waals surface area contributed by atoms with E-state index in [-0.39, 0.29) is 17.2 Å². The van der Waals surface area contributed by atoms with Crippen LogP contribution in [0.2, 0.25) is 0 Å². The lowest BCUT2D eigenvalue weighted by Gasteiger charge is -2.08. The molecule has 0 aliphatic heterocycles. The van der Waals surface area contributed by atoms with E-state index in [4.69, 9.17) is 0 Å². The molecule has 0 radical (unpaired) electrons. The molecular weight excluding hydrogens is 345 g/mol. The average Bonchev–Trinajstić information content (AvgIpc) is 2.63. The number of carbonyl (C=O) groups is 1. The summed E-state index contributed by atoms with van der Waals surface area (Å²) in [5.41, 5.74) is 1.35. The fourth-order valence-corrected chi connectivity index (χ4v) is 2.19. The predicted octanol–water partition coefficient (Wildman–Crippen LogP) is 4.20. The number of anilines is 3. The molecule has 3 aromatic rings. The van der Waals surface area contributed by atoms with Crippen molar-refractivity contribution in [2.45, 2.75) is 6.92 Å². The van der Waals surface area contributed by atoms with Gasteiger partial charge in [0.2, 0.25) is 0 Å². The maximum Gasteiger partial charge on any atom is 0.275 e. The van der Waals surface area contributed by atoms with Crippen LogP contribution < -0.4 is 10.6 Å². The summed E-state index contributed by atoms with van der Waals surface area (Å²) in [6, 6.07) is 9.06. The van der Waals surface area contributed by atoms with Crippen molar-refractivity contribution in [2.75, 3.05) is 10.6 Å². The second-order valence-corrected chi connectivity index (χ2v) is 5.46. The molecule has 0 unspecified atom stereocenters. The van der Waals surface area contributed by atoms with Gasteiger partial charge in [-0.1, -0.05) is 12.1 Å². The summed E-state index contributed by atoms with van der Waals surface area (Å²) in [5, 5.41) is 5.15. The number of nitrogens with zero attached hydrogens (tertiary/aromatic N) is 2. The number of amides is 1. The summed E-state index contributed by atoms with van der Waals surface area (Å²) in [7, 11) is 0. The van der Waals surface area contributed by atoms with E-state index in [2.05, 4.69) is 20.6 Å².